The van der Waals surface area contributed by atoms with Crippen LogP contribution < -0.4 is 5.32 Å². The van der Waals surface area contributed by atoms with Crippen LogP contribution in [0.4, 0.5) is 0 Å². The van der Waals surface area contributed by atoms with Crippen molar-refractivity contribution in [3.8, 4) is 0 Å². The largest absolute Gasteiger partial charge is 0.460 e. The summed E-state index contributed by atoms with van der Waals surface area (Å²) in [4.78, 5) is 46.0. The number of nitrogens with one attached hydrogen (secondary N) is 1. The molecular formula is C14H22ClNO5S. The molecule has 0 aliphatic rings. The van der Waals surface area contributed by atoms with Crippen molar-refractivity contribution in [2.45, 2.75) is 52.2 Å². The van der Waals surface area contributed by atoms with Gasteiger partial charge in [-0.25, -0.2) is 0 Å². The Hall–Kier alpha value is -1.08. The molecular weight excluding hydrogens is 330 g/mol. The average Bonchev–Trinajstić information content (AvgIpc) is 2.34. The maximum absolute atomic E-state index is 11.8. The van der Waals surface area contributed by atoms with Crippen LogP contribution in [0.2, 0.25) is 0 Å². The third-order valence-electron chi connectivity index (χ3n) is 2.28. The van der Waals surface area contributed by atoms with E-state index < -0.39 is 29.3 Å². The number of alkyl halides is 1. The van der Waals surface area contributed by atoms with Crippen LogP contribution in [0.1, 0.15) is 40.5 Å². The molecule has 1 N–H and O–H groups in total. The van der Waals surface area contributed by atoms with Gasteiger partial charge in [-0.3, -0.25) is 19.2 Å². The van der Waals surface area contributed by atoms with Crippen LogP contribution in [0.25, 0.3) is 0 Å². The number of hydrogen-bond acceptors (Lipinski definition) is 6. The number of rotatable bonds is 8. The van der Waals surface area contributed by atoms with E-state index in [1.54, 1.807) is 20.8 Å². The quantitative estimate of drug-likeness (QED) is 0.528. The molecule has 0 saturated carbocycles. The second-order valence-corrected chi connectivity index (χ2v) is 7.14. The number of hydrogen-bond donors (Lipinski definition) is 1. The van der Waals surface area contributed by atoms with Crippen LogP contribution in [-0.4, -0.2) is 46.1 Å². The van der Waals surface area contributed by atoms with Crippen molar-refractivity contribution >= 4 is 46.1 Å². The summed E-state index contributed by atoms with van der Waals surface area (Å²) in [5.41, 5.74) is -0.673. The minimum Gasteiger partial charge on any atom is -0.460 e. The molecule has 0 aromatic rings. The van der Waals surface area contributed by atoms with Gasteiger partial charge in [-0.1, -0.05) is 11.8 Å². The highest BCUT2D eigenvalue weighted by Gasteiger charge is 2.26. The van der Waals surface area contributed by atoms with Gasteiger partial charge >= 0.3 is 5.97 Å². The molecule has 1 amide bonds. The summed E-state index contributed by atoms with van der Waals surface area (Å²) in [5, 5.41) is 2.37. The molecule has 0 aliphatic carbocycles. The van der Waals surface area contributed by atoms with Gasteiger partial charge in [-0.15, -0.1) is 11.6 Å². The van der Waals surface area contributed by atoms with E-state index in [0.29, 0.717) is 5.75 Å². The Balaban J connectivity index is 4.52. The molecule has 0 saturated heterocycles. The van der Waals surface area contributed by atoms with E-state index in [4.69, 9.17) is 16.3 Å². The van der Waals surface area contributed by atoms with Crippen LogP contribution in [0, 0.1) is 0 Å². The summed E-state index contributed by atoms with van der Waals surface area (Å²) in [6.07, 6.45) is -0.195. The number of Topliss-reactive ketones (excluding diaryl/α,β-unsaturated/α-hetero) is 1. The van der Waals surface area contributed by atoms with Crippen molar-refractivity contribution in [2.75, 3.05) is 11.6 Å². The first-order valence-corrected chi connectivity index (χ1v) is 8.30. The molecule has 0 aliphatic heterocycles. The van der Waals surface area contributed by atoms with Crippen molar-refractivity contribution in [1.82, 2.24) is 5.32 Å². The van der Waals surface area contributed by atoms with Crippen molar-refractivity contribution in [1.29, 1.82) is 0 Å². The molecule has 22 heavy (non-hydrogen) atoms. The topological polar surface area (TPSA) is 89.5 Å². The van der Waals surface area contributed by atoms with E-state index in [1.165, 1.54) is 6.92 Å². The Bertz CT molecular complexity index is 433. The zero-order valence-corrected chi connectivity index (χ0v) is 14.8. The van der Waals surface area contributed by atoms with Crippen molar-refractivity contribution in [3.63, 3.8) is 0 Å². The fourth-order valence-electron chi connectivity index (χ4n) is 1.44. The van der Waals surface area contributed by atoms with Crippen LogP contribution in [-0.2, 0) is 23.9 Å². The lowest BCUT2D eigenvalue weighted by Gasteiger charge is -2.22. The monoisotopic (exact) mass is 351 g/mol. The summed E-state index contributed by atoms with van der Waals surface area (Å²) in [5.74, 6) is -1.46. The first kappa shape index (κ1) is 20.9. The fourth-order valence-corrected chi connectivity index (χ4v) is 2.20. The standard InChI is InChI=1S/C14H22ClNO5S/c1-9(17)22-6-5-12(19)16-10(11(18)8-15)7-13(20)21-14(2,3)4/h10H,5-8H2,1-4H3,(H,16,19)/t10-/m0/s1. The van der Waals surface area contributed by atoms with Crippen molar-refractivity contribution in [2.24, 2.45) is 0 Å². The third kappa shape index (κ3) is 10.6. The molecule has 0 bridgehead atoms. The highest BCUT2D eigenvalue weighted by Crippen LogP contribution is 2.10. The van der Waals surface area contributed by atoms with Crippen molar-refractivity contribution < 1.29 is 23.9 Å². The minimum atomic E-state index is -1.01. The Kier molecular flexibility index (Phi) is 9.36. The van der Waals surface area contributed by atoms with Crippen LogP contribution in [0.15, 0.2) is 0 Å². The van der Waals surface area contributed by atoms with Gasteiger partial charge in [0.2, 0.25) is 5.91 Å². The van der Waals surface area contributed by atoms with Gasteiger partial charge in [0, 0.05) is 19.1 Å². The van der Waals surface area contributed by atoms with Crippen LogP contribution in [0.5, 0.6) is 0 Å². The lowest BCUT2D eigenvalue weighted by molar-refractivity contribution is -0.156. The lowest BCUT2D eigenvalue weighted by Crippen LogP contribution is -2.44. The molecule has 6 nitrogen and oxygen atoms in total. The number of esters is 1. The maximum atomic E-state index is 11.8. The number of ether oxygens (including phenoxy) is 1. The highest BCUT2D eigenvalue weighted by molar-refractivity contribution is 8.13. The summed E-state index contributed by atoms with van der Waals surface area (Å²) < 4.78 is 5.12. The second-order valence-electron chi connectivity index (χ2n) is 5.60. The molecule has 1 atom stereocenters. The smallest absolute Gasteiger partial charge is 0.308 e. The average molecular weight is 352 g/mol. The normalized spacial score (nSPS) is 12.4. The fraction of sp³-hybridized carbons (Fsp3) is 0.714. The number of amides is 1. The van der Waals surface area contributed by atoms with E-state index >= 15 is 0 Å². The Labute approximate surface area is 139 Å². The number of carbonyl (C=O) groups is 4. The van der Waals surface area contributed by atoms with E-state index in [-0.39, 0.29) is 23.8 Å². The summed E-state index contributed by atoms with van der Waals surface area (Å²) in [6.45, 7) is 6.54. The van der Waals surface area contributed by atoms with E-state index in [9.17, 15) is 19.2 Å². The highest BCUT2D eigenvalue weighted by atomic mass is 35.5. The van der Waals surface area contributed by atoms with Crippen LogP contribution in [0.3, 0.4) is 0 Å². The molecule has 126 valence electrons. The zero-order valence-electron chi connectivity index (χ0n) is 13.2. The number of halogens is 1. The van der Waals surface area contributed by atoms with E-state index in [0.717, 1.165) is 11.8 Å². The first-order valence-electron chi connectivity index (χ1n) is 6.78. The summed E-state index contributed by atoms with van der Waals surface area (Å²) in [7, 11) is 0. The molecule has 0 spiro atoms. The molecule has 0 heterocycles. The van der Waals surface area contributed by atoms with Gasteiger partial charge in [-0.05, 0) is 20.8 Å². The number of ketones is 1. The lowest BCUT2D eigenvalue weighted by atomic mass is 10.1. The predicted octanol–water partition coefficient (Wildman–Crippen LogP) is 1.68. The van der Waals surface area contributed by atoms with Gasteiger partial charge in [-0.2, -0.15) is 0 Å². The third-order valence-corrected chi connectivity index (χ3v) is 3.36. The number of carbonyl (C=O) groups excluding carboxylic acids is 4. The maximum Gasteiger partial charge on any atom is 0.308 e. The number of thioether (sulfide) groups is 1. The van der Waals surface area contributed by atoms with Gasteiger partial charge in [0.05, 0.1) is 18.3 Å². The molecule has 0 aromatic heterocycles. The van der Waals surface area contributed by atoms with Gasteiger partial charge < -0.3 is 10.1 Å². The zero-order chi connectivity index (χ0) is 17.3. The SMILES string of the molecule is CC(=O)SCCC(=O)N[C@@H](CC(=O)OC(C)(C)C)C(=O)CCl. The summed E-state index contributed by atoms with van der Waals surface area (Å²) in [6, 6.07) is -1.01. The molecule has 0 aromatic carbocycles. The molecule has 0 fully saturated rings. The minimum absolute atomic E-state index is 0.0740. The second kappa shape index (κ2) is 9.84. The predicted molar refractivity (Wildman–Crippen MR) is 85.9 cm³/mol. The van der Waals surface area contributed by atoms with Gasteiger partial charge in [0.25, 0.3) is 0 Å². The molecule has 0 rings (SSSR count). The molecule has 0 radical (unpaired) electrons. The van der Waals surface area contributed by atoms with Gasteiger partial charge in [0.15, 0.2) is 10.9 Å². The Morgan fingerprint density at radius 2 is 1.82 bits per heavy atom. The van der Waals surface area contributed by atoms with Crippen molar-refractivity contribution in [3.05, 3.63) is 0 Å². The van der Waals surface area contributed by atoms with Crippen LogP contribution >= 0.6 is 23.4 Å². The molecule has 0 unspecified atom stereocenters. The van der Waals surface area contributed by atoms with Gasteiger partial charge in [0.1, 0.15) is 5.60 Å². The van der Waals surface area contributed by atoms with E-state index in [2.05, 4.69) is 5.32 Å². The first-order chi connectivity index (χ1) is 10.0. The Morgan fingerprint density at radius 1 is 1.23 bits per heavy atom. The summed E-state index contributed by atoms with van der Waals surface area (Å²) >= 11 is 6.51. The molecule has 8 heteroatoms. The Morgan fingerprint density at radius 3 is 2.27 bits per heavy atom. The van der Waals surface area contributed by atoms with E-state index in [1.807, 2.05) is 0 Å².